The monoisotopic (exact) mass is 317 g/mol. The van der Waals surface area contributed by atoms with Gasteiger partial charge >= 0.3 is 0 Å². The molecular weight excluding hydrogens is 300 g/mol. The van der Waals surface area contributed by atoms with E-state index in [0.29, 0.717) is 17.9 Å². The minimum Gasteiger partial charge on any atom is -0.550 e. The molecule has 0 amide bonds. The Morgan fingerprint density at radius 1 is 0.750 bits per heavy atom. The second-order valence-electron chi connectivity index (χ2n) is 5.54. The molecule has 0 atom stereocenters. The first-order chi connectivity index (χ1) is 11.7. The average molecular weight is 317 g/mol. The van der Waals surface area contributed by atoms with Gasteiger partial charge in [-0.15, -0.1) is 0 Å². The van der Waals surface area contributed by atoms with Crippen molar-refractivity contribution in [1.29, 1.82) is 0 Å². The first kappa shape index (κ1) is 15.8. The number of carboxylic acids is 1. The van der Waals surface area contributed by atoms with Gasteiger partial charge in [0.25, 0.3) is 0 Å². The van der Waals surface area contributed by atoms with Crippen molar-refractivity contribution in [1.82, 2.24) is 0 Å². The molecule has 3 aromatic rings. The van der Waals surface area contributed by atoms with E-state index < -0.39 is 5.97 Å². The van der Waals surface area contributed by atoms with Gasteiger partial charge in [-0.2, -0.15) is 0 Å². The van der Waals surface area contributed by atoms with Crippen molar-refractivity contribution < 1.29 is 14.6 Å². The van der Waals surface area contributed by atoms with Gasteiger partial charge < -0.3 is 14.6 Å². The molecule has 3 rings (SSSR count). The van der Waals surface area contributed by atoms with E-state index in [1.165, 1.54) is 11.1 Å². The quantitative estimate of drug-likeness (QED) is 0.701. The average Bonchev–Trinajstić information content (AvgIpc) is 2.62. The molecule has 0 bridgehead atoms. The van der Waals surface area contributed by atoms with E-state index in [9.17, 15) is 9.90 Å². The first-order valence-electron chi connectivity index (χ1n) is 7.77. The van der Waals surface area contributed by atoms with Crippen molar-refractivity contribution in [2.75, 3.05) is 0 Å². The predicted molar refractivity (Wildman–Crippen MR) is 91.4 cm³/mol. The van der Waals surface area contributed by atoms with Crippen LogP contribution in [0.5, 0.6) is 5.75 Å². The zero-order valence-corrected chi connectivity index (χ0v) is 13.1. The van der Waals surface area contributed by atoms with Gasteiger partial charge in [0, 0.05) is 12.4 Å². The molecular formula is C21H17O3-. The largest absolute Gasteiger partial charge is 0.550 e. The smallest absolute Gasteiger partial charge is 0.119 e. The van der Waals surface area contributed by atoms with Gasteiger partial charge in [0.2, 0.25) is 0 Å². The van der Waals surface area contributed by atoms with Crippen LogP contribution in [0.1, 0.15) is 11.1 Å². The maximum atomic E-state index is 10.6. The molecule has 0 saturated carbocycles. The zero-order chi connectivity index (χ0) is 16.8. The fourth-order valence-electron chi connectivity index (χ4n) is 2.46. The van der Waals surface area contributed by atoms with Crippen LogP contribution >= 0.6 is 0 Å². The van der Waals surface area contributed by atoms with Crippen molar-refractivity contribution >= 4 is 5.97 Å². The lowest BCUT2D eigenvalue weighted by Gasteiger charge is -2.09. The Kier molecular flexibility index (Phi) is 4.92. The summed E-state index contributed by atoms with van der Waals surface area (Å²) in [5.74, 6) is -0.369. The number of rotatable bonds is 6. The van der Waals surface area contributed by atoms with Crippen LogP contribution < -0.4 is 9.84 Å². The second kappa shape index (κ2) is 7.47. The molecule has 0 saturated heterocycles. The number of benzene rings is 3. The van der Waals surface area contributed by atoms with Gasteiger partial charge in [0.05, 0.1) is 0 Å². The molecule has 0 fully saturated rings. The number of ether oxygens (including phenoxy) is 1. The second-order valence-corrected chi connectivity index (χ2v) is 5.54. The molecule has 0 spiro atoms. The van der Waals surface area contributed by atoms with Gasteiger partial charge in [0.15, 0.2) is 0 Å². The molecule has 0 radical (unpaired) electrons. The lowest BCUT2D eigenvalue weighted by Crippen LogP contribution is -2.24. The number of aliphatic carboxylic acids is 1. The Morgan fingerprint density at radius 2 is 1.33 bits per heavy atom. The van der Waals surface area contributed by atoms with Crippen molar-refractivity contribution in [3.8, 4) is 16.9 Å². The van der Waals surface area contributed by atoms with Crippen molar-refractivity contribution in [3.05, 3.63) is 90.0 Å². The molecule has 0 aliphatic carbocycles. The SMILES string of the molecule is O=C([O-])Cc1ccc(OCc2ccc(-c3ccccc3)cc2)cc1. The van der Waals surface area contributed by atoms with Gasteiger partial charge in [-0.3, -0.25) is 0 Å². The van der Waals surface area contributed by atoms with Crippen LogP contribution in [0, 0.1) is 0 Å². The summed E-state index contributed by atoms with van der Waals surface area (Å²) in [4.78, 5) is 10.6. The first-order valence-corrected chi connectivity index (χ1v) is 7.77. The van der Waals surface area contributed by atoms with Crippen LogP contribution in [0.15, 0.2) is 78.9 Å². The molecule has 0 unspecified atom stereocenters. The van der Waals surface area contributed by atoms with E-state index in [2.05, 4.69) is 24.3 Å². The van der Waals surface area contributed by atoms with Crippen molar-refractivity contribution in [2.24, 2.45) is 0 Å². The molecule has 0 aliphatic rings. The summed E-state index contributed by atoms with van der Waals surface area (Å²) in [5.41, 5.74) is 4.14. The minimum absolute atomic E-state index is 0.0821. The Hall–Kier alpha value is -3.07. The highest BCUT2D eigenvalue weighted by Crippen LogP contribution is 2.20. The van der Waals surface area contributed by atoms with Gasteiger partial charge in [-0.05, 0) is 34.4 Å². The Morgan fingerprint density at radius 3 is 1.96 bits per heavy atom. The molecule has 0 aromatic heterocycles. The Bertz CT molecular complexity index is 791. The molecule has 0 N–H and O–H groups in total. The van der Waals surface area contributed by atoms with Gasteiger partial charge in [0.1, 0.15) is 12.4 Å². The van der Waals surface area contributed by atoms with Crippen LogP contribution in [-0.4, -0.2) is 5.97 Å². The fourth-order valence-corrected chi connectivity index (χ4v) is 2.46. The number of carboxylic acid groups (broad SMARTS) is 1. The van der Waals surface area contributed by atoms with E-state index in [1.54, 1.807) is 24.3 Å². The third-order valence-electron chi connectivity index (χ3n) is 3.74. The van der Waals surface area contributed by atoms with Crippen molar-refractivity contribution in [3.63, 3.8) is 0 Å². The van der Waals surface area contributed by atoms with E-state index in [1.807, 2.05) is 30.3 Å². The maximum absolute atomic E-state index is 10.6. The lowest BCUT2D eigenvalue weighted by atomic mass is 10.0. The number of carbonyl (C=O) groups excluding carboxylic acids is 1. The normalized spacial score (nSPS) is 10.3. The van der Waals surface area contributed by atoms with E-state index >= 15 is 0 Å². The van der Waals surface area contributed by atoms with Gasteiger partial charge in [-0.25, -0.2) is 0 Å². The highest BCUT2D eigenvalue weighted by atomic mass is 16.5. The number of carbonyl (C=O) groups is 1. The zero-order valence-electron chi connectivity index (χ0n) is 13.1. The van der Waals surface area contributed by atoms with Crippen LogP contribution in [0.2, 0.25) is 0 Å². The third kappa shape index (κ3) is 4.23. The maximum Gasteiger partial charge on any atom is 0.119 e. The lowest BCUT2D eigenvalue weighted by molar-refractivity contribution is -0.304. The summed E-state index contributed by atoms with van der Waals surface area (Å²) >= 11 is 0. The van der Waals surface area contributed by atoms with E-state index in [4.69, 9.17) is 4.74 Å². The highest BCUT2D eigenvalue weighted by molar-refractivity contribution is 5.68. The van der Waals surface area contributed by atoms with Crippen LogP contribution in [0.3, 0.4) is 0 Å². The predicted octanol–water partition coefficient (Wildman–Crippen LogP) is 3.23. The summed E-state index contributed by atoms with van der Waals surface area (Å²) in [6.45, 7) is 0.467. The topological polar surface area (TPSA) is 49.4 Å². The van der Waals surface area contributed by atoms with Crippen molar-refractivity contribution in [2.45, 2.75) is 13.0 Å². The number of hydrogen-bond donors (Lipinski definition) is 0. The van der Waals surface area contributed by atoms with Gasteiger partial charge in [-0.1, -0.05) is 66.7 Å². The summed E-state index contributed by atoms with van der Waals surface area (Å²) in [6.07, 6.45) is -0.0821. The minimum atomic E-state index is -1.08. The Labute approximate surface area is 141 Å². The molecule has 3 aromatic carbocycles. The summed E-state index contributed by atoms with van der Waals surface area (Å²) < 4.78 is 5.73. The van der Waals surface area contributed by atoms with E-state index in [-0.39, 0.29) is 6.42 Å². The van der Waals surface area contributed by atoms with Crippen LogP contribution in [0.25, 0.3) is 11.1 Å². The molecule has 0 heterocycles. The van der Waals surface area contributed by atoms with Crippen LogP contribution in [0.4, 0.5) is 0 Å². The Balaban J connectivity index is 1.59. The number of hydrogen-bond acceptors (Lipinski definition) is 3. The highest BCUT2D eigenvalue weighted by Gasteiger charge is 2.00. The van der Waals surface area contributed by atoms with E-state index in [0.717, 1.165) is 5.56 Å². The summed E-state index contributed by atoms with van der Waals surface area (Å²) in [5, 5.41) is 10.6. The molecule has 3 nitrogen and oxygen atoms in total. The summed E-state index contributed by atoms with van der Waals surface area (Å²) in [7, 11) is 0. The molecule has 0 aliphatic heterocycles. The molecule has 120 valence electrons. The standard InChI is InChI=1S/C21H18O3/c22-21(23)14-16-8-12-20(13-9-16)24-15-17-6-10-19(11-7-17)18-4-2-1-3-5-18/h1-13H,14-15H2,(H,22,23)/p-1. The van der Waals surface area contributed by atoms with Crippen LogP contribution in [-0.2, 0) is 17.8 Å². The fraction of sp³-hybridized carbons (Fsp3) is 0.0952. The molecule has 3 heteroatoms. The third-order valence-corrected chi connectivity index (χ3v) is 3.74. The molecule has 24 heavy (non-hydrogen) atoms. The summed E-state index contributed by atoms with van der Waals surface area (Å²) in [6, 6.07) is 25.5.